The van der Waals surface area contributed by atoms with Crippen molar-refractivity contribution in [3.8, 4) is 0 Å². The Morgan fingerprint density at radius 2 is 1.87 bits per heavy atom. The second kappa shape index (κ2) is 5.17. The molecule has 0 spiro atoms. The van der Waals surface area contributed by atoms with Crippen molar-refractivity contribution in [1.29, 1.82) is 0 Å². The lowest BCUT2D eigenvalue weighted by Gasteiger charge is -2.16. The van der Waals surface area contributed by atoms with Crippen LogP contribution < -0.4 is 0 Å². The monoisotopic (exact) mass is 225 g/mol. The highest BCUT2D eigenvalue weighted by Crippen LogP contribution is 2.10. The Bertz CT molecular complexity index is 327. The first-order valence-corrected chi connectivity index (χ1v) is 5.43. The van der Waals surface area contributed by atoms with Crippen molar-refractivity contribution < 1.29 is 4.84 Å². The van der Waals surface area contributed by atoms with E-state index in [1.165, 1.54) is 0 Å². The second-order valence-electron chi connectivity index (χ2n) is 4.24. The summed E-state index contributed by atoms with van der Waals surface area (Å²) in [7, 11) is 0. The van der Waals surface area contributed by atoms with Crippen LogP contribution in [0.2, 0.25) is 0 Å². The van der Waals surface area contributed by atoms with E-state index in [-0.39, 0.29) is 5.60 Å². The molecule has 0 aliphatic carbocycles. The van der Waals surface area contributed by atoms with Crippen LogP contribution >= 0.6 is 11.6 Å². The van der Waals surface area contributed by atoms with Crippen LogP contribution in [0.15, 0.2) is 35.5 Å². The topological polar surface area (TPSA) is 21.6 Å². The second-order valence-corrected chi connectivity index (χ2v) is 4.51. The Morgan fingerprint density at radius 1 is 1.27 bits per heavy atom. The van der Waals surface area contributed by atoms with Crippen LogP contribution in [0.1, 0.15) is 26.3 Å². The van der Waals surface area contributed by atoms with Gasteiger partial charge in [-0.15, -0.1) is 11.6 Å². The van der Waals surface area contributed by atoms with Gasteiger partial charge in [-0.05, 0) is 20.8 Å². The van der Waals surface area contributed by atoms with Crippen LogP contribution in [0.3, 0.4) is 0 Å². The fraction of sp³-hybridized carbons (Fsp3) is 0.417. The van der Waals surface area contributed by atoms with Gasteiger partial charge in [-0.3, -0.25) is 0 Å². The Morgan fingerprint density at radius 3 is 2.33 bits per heavy atom. The third-order valence-corrected chi connectivity index (χ3v) is 1.92. The molecule has 0 N–H and O–H groups in total. The van der Waals surface area contributed by atoms with Gasteiger partial charge in [0.1, 0.15) is 11.3 Å². The van der Waals surface area contributed by atoms with E-state index in [0.717, 1.165) is 11.3 Å². The molecule has 0 heterocycles. The highest BCUT2D eigenvalue weighted by atomic mass is 35.5. The van der Waals surface area contributed by atoms with Gasteiger partial charge in [0.05, 0.1) is 5.88 Å². The maximum atomic E-state index is 5.82. The van der Waals surface area contributed by atoms with Gasteiger partial charge >= 0.3 is 0 Å². The summed E-state index contributed by atoms with van der Waals surface area (Å²) in [5.74, 6) is 0.347. The van der Waals surface area contributed by atoms with E-state index < -0.39 is 0 Å². The van der Waals surface area contributed by atoms with E-state index in [9.17, 15) is 0 Å². The Balaban J connectivity index is 2.81. The highest BCUT2D eigenvalue weighted by Gasteiger charge is 2.11. The lowest BCUT2D eigenvalue weighted by atomic mass is 10.1. The number of benzene rings is 1. The van der Waals surface area contributed by atoms with Crippen molar-refractivity contribution in [2.45, 2.75) is 26.4 Å². The molecule has 0 amide bonds. The SMILES string of the molecule is CC(C)(C)ON=C(CCl)c1ccccc1. The fourth-order valence-electron chi connectivity index (χ4n) is 0.977. The van der Waals surface area contributed by atoms with Crippen LogP contribution in [-0.4, -0.2) is 17.2 Å². The van der Waals surface area contributed by atoms with Crippen LogP contribution in [-0.2, 0) is 4.84 Å². The van der Waals surface area contributed by atoms with E-state index in [1.54, 1.807) is 0 Å². The number of nitrogens with zero attached hydrogens (tertiary/aromatic N) is 1. The zero-order valence-electron chi connectivity index (χ0n) is 9.33. The van der Waals surface area contributed by atoms with Gasteiger partial charge in [0.2, 0.25) is 0 Å². The smallest absolute Gasteiger partial charge is 0.129 e. The van der Waals surface area contributed by atoms with Crippen LogP contribution in [0, 0.1) is 0 Å². The molecule has 0 atom stereocenters. The van der Waals surface area contributed by atoms with Crippen molar-refractivity contribution >= 4 is 17.3 Å². The number of rotatable bonds is 3. The summed E-state index contributed by atoms with van der Waals surface area (Å²) in [5.41, 5.74) is 1.47. The quantitative estimate of drug-likeness (QED) is 0.439. The van der Waals surface area contributed by atoms with Gasteiger partial charge in [-0.1, -0.05) is 35.5 Å². The van der Waals surface area contributed by atoms with Gasteiger partial charge in [0.25, 0.3) is 0 Å². The number of oxime groups is 1. The molecule has 2 nitrogen and oxygen atoms in total. The Hall–Kier alpha value is -1.02. The van der Waals surface area contributed by atoms with Gasteiger partial charge in [0, 0.05) is 5.56 Å². The molecule has 0 saturated heterocycles. The molecule has 0 fully saturated rings. The first-order chi connectivity index (χ1) is 7.03. The molecule has 0 aromatic heterocycles. The maximum Gasteiger partial charge on any atom is 0.129 e. The lowest BCUT2D eigenvalue weighted by Crippen LogP contribution is -2.17. The zero-order chi connectivity index (χ0) is 11.3. The van der Waals surface area contributed by atoms with Crippen LogP contribution in [0.25, 0.3) is 0 Å². The summed E-state index contributed by atoms with van der Waals surface area (Å²) in [5, 5.41) is 4.07. The molecule has 0 unspecified atom stereocenters. The van der Waals surface area contributed by atoms with Gasteiger partial charge in [-0.25, -0.2) is 0 Å². The zero-order valence-corrected chi connectivity index (χ0v) is 10.1. The maximum absolute atomic E-state index is 5.82. The third kappa shape index (κ3) is 4.34. The highest BCUT2D eigenvalue weighted by molar-refractivity contribution is 6.31. The number of halogens is 1. The fourth-order valence-corrected chi connectivity index (χ4v) is 1.18. The van der Waals surface area contributed by atoms with Crippen molar-refractivity contribution in [2.24, 2.45) is 5.16 Å². The molecule has 1 rings (SSSR count). The van der Waals surface area contributed by atoms with Crippen molar-refractivity contribution in [2.75, 3.05) is 5.88 Å². The van der Waals surface area contributed by atoms with E-state index in [0.29, 0.717) is 5.88 Å². The van der Waals surface area contributed by atoms with Gasteiger partial charge in [0.15, 0.2) is 0 Å². The van der Waals surface area contributed by atoms with E-state index in [1.807, 2.05) is 51.1 Å². The third-order valence-electron chi connectivity index (χ3n) is 1.66. The molecule has 0 aliphatic rings. The van der Waals surface area contributed by atoms with Crippen molar-refractivity contribution in [3.05, 3.63) is 35.9 Å². The van der Waals surface area contributed by atoms with Gasteiger partial charge < -0.3 is 4.84 Å². The molecule has 1 aromatic carbocycles. The largest absolute Gasteiger partial charge is 0.390 e. The molecule has 0 saturated carbocycles. The first kappa shape index (κ1) is 12.1. The van der Waals surface area contributed by atoms with Crippen molar-refractivity contribution in [3.63, 3.8) is 0 Å². The molecule has 3 heteroatoms. The molecular formula is C12H16ClNO. The average Bonchev–Trinajstić information content (AvgIpc) is 2.19. The summed E-state index contributed by atoms with van der Waals surface area (Å²) >= 11 is 5.82. The molecule has 0 bridgehead atoms. The molecule has 82 valence electrons. The van der Waals surface area contributed by atoms with E-state index in [4.69, 9.17) is 16.4 Å². The minimum atomic E-state index is -0.286. The summed E-state index contributed by atoms with van der Waals surface area (Å²) in [6.07, 6.45) is 0. The van der Waals surface area contributed by atoms with Crippen molar-refractivity contribution in [1.82, 2.24) is 0 Å². The van der Waals surface area contributed by atoms with E-state index >= 15 is 0 Å². The molecule has 1 aromatic rings. The summed E-state index contributed by atoms with van der Waals surface area (Å²) < 4.78 is 0. The summed E-state index contributed by atoms with van der Waals surface area (Å²) in [6, 6.07) is 9.80. The number of alkyl halides is 1. The molecule has 15 heavy (non-hydrogen) atoms. The Kier molecular flexibility index (Phi) is 4.15. The standard InChI is InChI=1S/C12H16ClNO/c1-12(2,3)15-14-11(9-13)10-7-5-4-6-8-10/h4-8H,9H2,1-3H3. The molecule has 0 aliphatic heterocycles. The van der Waals surface area contributed by atoms with Crippen LogP contribution in [0.4, 0.5) is 0 Å². The Labute approximate surface area is 95.9 Å². The number of hydrogen-bond acceptors (Lipinski definition) is 2. The minimum Gasteiger partial charge on any atom is -0.390 e. The van der Waals surface area contributed by atoms with Crippen LogP contribution in [0.5, 0.6) is 0 Å². The normalized spacial score (nSPS) is 12.7. The predicted octanol–water partition coefficient (Wildman–Crippen LogP) is 3.44. The lowest BCUT2D eigenvalue weighted by molar-refractivity contribution is 0.000995. The molecular weight excluding hydrogens is 210 g/mol. The summed E-state index contributed by atoms with van der Waals surface area (Å²) in [6.45, 7) is 5.86. The minimum absolute atomic E-state index is 0.286. The average molecular weight is 226 g/mol. The van der Waals surface area contributed by atoms with Gasteiger partial charge in [-0.2, -0.15) is 0 Å². The molecule has 0 radical (unpaired) electrons. The first-order valence-electron chi connectivity index (χ1n) is 4.89. The summed E-state index contributed by atoms with van der Waals surface area (Å²) in [4.78, 5) is 5.34. The number of hydrogen-bond donors (Lipinski definition) is 0. The van der Waals surface area contributed by atoms with E-state index in [2.05, 4.69) is 5.16 Å². The predicted molar refractivity (Wildman–Crippen MR) is 64.5 cm³/mol.